The lowest BCUT2D eigenvalue weighted by Gasteiger charge is -2.07. The van der Waals surface area contributed by atoms with Crippen LogP contribution in [-0.4, -0.2) is 9.97 Å². The van der Waals surface area contributed by atoms with Gasteiger partial charge in [-0.15, -0.1) is 0 Å². The van der Waals surface area contributed by atoms with Crippen LogP contribution in [0.3, 0.4) is 0 Å². The molecule has 3 nitrogen and oxygen atoms in total. The van der Waals surface area contributed by atoms with E-state index in [1.165, 1.54) is 11.1 Å². The largest absolute Gasteiger partial charge is 0.325 e. The van der Waals surface area contributed by atoms with E-state index in [1.54, 1.807) is 24.2 Å². The zero-order chi connectivity index (χ0) is 12.1. The number of rotatable bonds is 4. The Morgan fingerprint density at radius 3 is 2.71 bits per heavy atom. The van der Waals surface area contributed by atoms with E-state index in [4.69, 9.17) is 5.73 Å². The van der Waals surface area contributed by atoms with Crippen molar-refractivity contribution in [3.05, 3.63) is 53.5 Å². The fourth-order valence-electron chi connectivity index (χ4n) is 1.53. The summed E-state index contributed by atoms with van der Waals surface area (Å²) in [6.45, 7) is 2.56. The van der Waals surface area contributed by atoms with Crippen LogP contribution in [0.2, 0.25) is 0 Å². The molecule has 2 rings (SSSR count). The van der Waals surface area contributed by atoms with Gasteiger partial charge in [-0.1, -0.05) is 36.0 Å². The molecule has 0 fully saturated rings. The lowest BCUT2D eigenvalue weighted by Crippen LogP contribution is -2.02. The fraction of sp³-hybridized carbons (Fsp3) is 0.231. The zero-order valence-electron chi connectivity index (χ0n) is 9.76. The molecule has 1 aromatic carbocycles. The highest BCUT2D eigenvalue weighted by atomic mass is 32.2. The van der Waals surface area contributed by atoms with Gasteiger partial charge < -0.3 is 5.73 Å². The lowest BCUT2D eigenvalue weighted by molar-refractivity contribution is 0.886. The first-order valence-electron chi connectivity index (χ1n) is 5.48. The molecule has 1 aromatic heterocycles. The highest BCUT2D eigenvalue weighted by molar-refractivity contribution is 7.98. The van der Waals surface area contributed by atoms with Gasteiger partial charge in [0.15, 0.2) is 0 Å². The van der Waals surface area contributed by atoms with Crippen LogP contribution >= 0.6 is 11.8 Å². The van der Waals surface area contributed by atoms with Crippen LogP contribution in [-0.2, 0) is 12.3 Å². The first kappa shape index (κ1) is 12.1. The topological polar surface area (TPSA) is 51.8 Å². The van der Waals surface area contributed by atoms with Crippen LogP contribution < -0.4 is 5.73 Å². The number of benzene rings is 1. The Morgan fingerprint density at radius 2 is 1.94 bits per heavy atom. The minimum atomic E-state index is 0.434. The lowest BCUT2D eigenvalue weighted by atomic mass is 10.1. The molecule has 0 amide bonds. The van der Waals surface area contributed by atoms with E-state index in [-0.39, 0.29) is 0 Å². The molecule has 0 bridgehead atoms. The van der Waals surface area contributed by atoms with Crippen LogP contribution in [0.4, 0.5) is 0 Å². The fourth-order valence-corrected chi connectivity index (χ4v) is 2.59. The third-order valence-corrected chi connectivity index (χ3v) is 3.62. The van der Waals surface area contributed by atoms with Gasteiger partial charge in [0, 0.05) is 24.7 Å². The van der Waals surface area contributed by atoms with Crippen LogP contribution in [0.25, 0.3) is 0 Å². The molecular formula is C13H15N3S. The SMILES string of the molecule is Cc1ccccc1CSc1nccnc1CN. The van der Waals surface area contributed by atoms with E-state index in [0.29, 0.717) is 6.54 Å². The van der Waals surface area contributed by atoms with Gasteiger partial charge in [0.05, 0.1) is 5.69 Å². The van der Waals surface area contributed by atoms with E-state index in [2.05, 4.69) is 41.2 Å². The Kier molecular flexibility index (Phi) is 4.12. The number of nitrogens with two attached hydrogens (primary N) is 1. The highest BCUT2D eigenvalue weighted by Crippen LogP contribution is 2.24. The Balaban J connectivity index is 2.10. The summed E-state index contributed by atoms with van der Waals surface area (Å²) in [4.78, 5) is 8.54. The van der Waals surface area contributed by atoms with Crippen molar-refractivity contribution in [2.24, 2.45) is 5.73 Å². The van der Waals surface area contributed by atoms with Gasteiger partial charge in [0.25, 0.3) is 0 Å². The highest BCUT2D eigenvalue weighted by Gasteiger charge is 2.05. The van der Waals surface area contributed by atoms with E-state index in [1.807, 2.05) is 0 Å². The third kappa shape index (κ3) is 3.05. The minimum Gasteiger partial charge on any atom is -0.325 e. The van der Waals surface area contributed by atoms with E-state index < -0.39 is 0 Å². The summed E-state index contributed by atoms with van der Waals surface area (Å²) in [5.74, 6) is 0.901. The maximum Gasteiger partial charge on any atom is 0.119 e. The summed E-state index contributed by atoms with van der Waals surface area (Å²) >= 11 is 1.69. The van der Waals surface area contributed by atoms with Crippen molar-refractivity contribution in [2.45, 2.75) is 24.2 Å². The molecule has 0 saturated carbocycles. The zero-order valence-corrected chi connectivity index (χ0v) is 10.6. The number of thioether (sulfide) groups is 1. The summed E-state index contributed by atoms with van der Waals surface area (Å²) < 4.78 is 0. The van der Waals surface area contributed by atoms with Crippen LogP contribution in [0, 0.1) is 6.92 Å². The Hall–Kier alpha value is -1.39. The van der Waals surface area contributed by atoms with Crippen molar-refractivity contribution in [1.82, 2.24) is 9.97 Å². The molecule has 1 heterocycles. The second-order valence-electron chi connectivity index (χ2n) is 3.73. The smallest absolute Gasteiger partial charge is 0.119 e. The molecule has 0 unspecified atom stereocenters. The van der Waals surface area contributed by atoms with Gasteiger partial charge in [-0.25, -0.2) is 4.98 Å². The number of hydrogen-bond donors (Lipinski definition) is 1. The second kappa shape index (κ2) is 5.80. The van der Waals surface area contributed by atoms with E-state index >= 15 is 0 Å². The van der Waals surface area contributed by atoms with E-state index in [9.17, 15) is 0 Å². The van der Waals surface area contributed by atoms with Crippen molar-refractivity contribution in [3.63, 3.8) is 0 Å². The van der Waals surface area contributed by atoms with Gasteiger partial charge in [0.2, 0.25) is 0 Å². The van der Waals surface area contributed by atoms with Crippen molar-refractivity contribution in [3.8, 4) is 0 Å². The first-order valence-corrected chi connectivity index (χ1v) is 6.47. The predicted octanol–water partition coefficient (Wildman–Crippen LogP) is 2.54. The first-order chi connectivity index (χ1) is 8.31. The molecule has 0 radical (unpaired) electrons. The van der Waals surface area contributed by atoms with Crippen LogP contribution in [0.1, 0.15) is 16.8 Å². The molecule has 2 aromatic rings. The normalized spacial score (nSPS) is 10.5. The Morgan fingerprint density at radius 1 is 1.18 bits per heavy atom. The Labute approximate surface area is 105 Å². The van der Waals surface area contributed by atoms with Gasteiger partial charge in [0.1, 0.15) is 5.03 Å². The predicted molar refractivity (Wildman–Crippen MR) is 70.7 cm³/mol. The van der Waals surface area contributed by atoms with Crippen molar-refractivity contribution in [2.75, 3.05) is 0 Å². The summed E-state index contributed by atoms with van der Waals surface area (Å²) in [5, 5.41) is 0.929. The molecule has 4 heteroatoms. The molecule has 0 aliphatic heterocycles. The molecule has 88 valence electrons. The van der Waals surface area contributed by atoms with Crippen LogP contribution in [0.5, 0.6) is 0 Å². The summed E-state index contributed by atoms with van der Waals surface area (Å²) in [6.07, 6.45) is 3.39. The van der Waals surface area contributed by atoms with Gasteiger partial charge in [-0.2, -0.15) is 0 Å². The monoisotopic (exact) mass is 245 g/mol. The Bertz CT molecular complexity index is 500. The summed E-state index contributed by atoms with van der Waals surface area (Å²) in [6, 6.07) is 8.37. The number of nitrogens with zero attached hydrogens (tertiary/aromatic N) is 2. The molecule has 0 saturated heterocycles. The number of aromatic nitrogens is 2. The summed E-state index contributed by atoms with van der Waals surface area (Å²) in [7, 11) is 0. The van der Waals surface area contributed by atoms with Crippen molar-refractivity contribution in [1.29, 1.82) is 0 Å². The van der Waals surface area contributed by atoms with Crippen molar-refractivity contribution < 1.29 is 0 Å². The van der Waals surface area contributed by atoms with Crippen molar-refractivity contribution >= 4 is 11.8 Å². The van der Waals surface area contributed by atoms with Crippen LogP contribution in [0.15, 0.2) is 41.7 Å². The summed E-state index contributed by atoms with van der Waals surface area (Å²) in [5.41, 5.74) is 9.13. The van der Waals surface area contributed by atoms with Gasteiger partial charge in [-0.3, -0.25) is 4.98 Å². The standard InChI is InChI=1S/C13H15N3S/c1-10-4-2-3-5-11(10)9-17-13-12(8-14)15-6-7-16-13/h2-7H,8-9,14H2,1H3. The van der Waals surface area contributed by atoms with E-state index in [0.717, 1.165) is 16.5 Å². The molecule has 0 aliphatic carbocycles. The minimum absolute atomic E-state index is 0.434. The molecule has 0 aliphatic rings. The number of hydrogen-bond acceptors (Lipinski definition) is 4. The molecule has 0 spiro atoms. The molecular weight excluding hydrogens is 230 g/mol. The average molecular weight is 245 g/mol. The quantitative estimate of drug-likeness (QED) is 0.841. The van der Waals surface area contributed by atoms with Gasteiger partial charge >= 0.3 is 0 Å². The molecule has 17 heavy (non-hydrogen) atoms. The average Bonchev–Trinajstić information content (AvgIpc) is 2.38. The number of aryl methyl sites for hydroxylation is 1. The maximum atomic E-state index is 5.63. The second-order valence-corrected chi connectivity index (χ2v) is 4.69. The molecule has 2 N–H and O–H groups in total. The molecule has 0 atom stereocenters. The maximum absolute atomic E-state index is 5.63. The third-order valence-electron chi connectivity index (χ3n) is 2.55. The van der Waals surface area contributed by atoms with Gasteiger partial charge in [-0.05, 0) is 18.1 Å².